The lowest BCUT2D eigenvalue weighted by molar-refractivity contribution is 0.269. The first-order valence-electron chi connectivity index (χ1n) is 8.47. The van der Waals surface area contributed by atoms with Crippen molar-refractivity contribution in [2.24, 2.45) is 11.8 Å². The van der Waals surface area contributed by atoms with Crippen LogP contribution in [0.1, 0.15) is 62.6 Å². The summed E-state index contributed by atoms with van der Waals surface area (Å²) in [6.07, 6.45) is 12.0. The molecule has 0 amide bonds. The van der Waals surface area contributed by atoms with Crippen molar-refractivity contribution in [1.82, 2.24) is 0 Å². The van der Waals surface area contributed by atoms with Crippen molar-refractivity contribution in [3.8, 4) is 0 Å². The minimum Gasteiger partial charge on any atom is -0.0850 e. The van der Waals surface area contributed by atoms with Crippen LogP contribution in [0.25, 0.3) is 0 Å². The average Bonchev–Trinajstić information content (AvgIpc) is 3.00. The molecule has 0 heteroatoms. The molecule has 0 aromatic heterocycles. The highest BCUT2D eigenvalue weighted by Gasteiger charge is 2.49. The molecule has 1 spiro atoms. The first-order valence-corrected chi connectivity index (χ1v) is 8.47. The van der Waals surface area contributed by atoms with Gasteiger partial charge in [0, 0.05) is 5.41 Å². The highest BCUT2D eigenvalue weighted by Crippen LogP contribution is 2.58. The Labute approximate surface area is 123 Å². The van der Waals surface area contributed by atoms with E-state index in [2.05, 4.69) is 38.1 Å². The first kappa shape index (κ1) is 12.7. The van der Waals surface area contributed by atoms with Crippen LogP contribution in [-0.4, -0.2) is 0 Å². The predicted octanol–water partition coefficient (Wildman–Crippen LogP) is 5.20. The van der Waals surface area contributed by atoms with Gasteiger partial charge < -0.3 is 0 Å². The van der Waals surface area contributed by atoms with E-state index < -0.39 is 0 Å². The molecule has 1 saturated carbocycles. The van der Waals surface area contributed by atoms with E-state index in [1.54, 1.807) is 22.3 Å². The molecule has 1 aromatic rings. The summed E-state index contributed by atoms with van der Waals surface area (Å²) < 4.78 is 0. The molecule has 0 aliphatic heterocycles. The van der Waals surface area contributed by atoms with E-state index in [9.17, 15) is 0 Å². The molecule has 2 unspecified atom stereocenters. The molecule has 2 bridgehead atoms. The van der Waals surface area contributed by atoms with Crippen molar-refractivity contribution in [2.75, 3.05) is 0 Å². The van der Waals surface area contributed by atoms with E-state index in [1.165, 1.54) is 44.9 Å². The van der Waals surface area contributed by atoms with Crippen LogP contribution in [0.15, 0.2) is 29.8 Å². The van der Waals surface area contributed by atoms with Crippen molar-refractivity contribution in [3.05, 3.63) is 46.5 Å². The monoisotopic (exact) mass is 266 g/mol. The van der Waals surface area contributed by atoms with E-state index in [0.717, 1.165) is 11.8 Å². The summed E-state index contributed by atoms with van der Waals surface area (Å²) in [6, 6.07) is 7.44. The van der Waals surface area contributed by atoms with E-state index in [-0.39, 0.29) is 0 Å². The second-order valence-electron chi connectivity index (χ2n) is 7.78. The maximum absolute atomic E-state index is 2.59. The van der Waals surface area contributed by atoms with Gasteiger partial charge in [0.05, 0.1) is 0 Å². The smallest absolute Gasteiger partial charge is 0.00273 e. The predicted molar refractivity (Wildman–Crippen MR) is 85.0 cm³/mol. The minimum atomic E-state index is 0.532. The third-order valence-corrected chi connectivity index (χ3v) is 5.95. The van der Waals surface area contributed by atoms with E-state index in [0.29, 0.717) is 5.41 Å². The zero-order valence-corrected chi connectivity index (χ0v) is 12.9. The standard InChI is InChI=1S/C20H26/c1-14(2)10-15-5-7-17-4-3-9-20(19(17)12-15)13-16-6-8-18(20)11-16/h5-7,12,14,18H,3-4,8-11,13H2,1-2H3. The average molecular weight is 266 g/mol. The fourth-order valence-electron chi connectivity index (χ4n) is 5.15. The molecule has 0 radical (unpaired) electrons. The number of rotatable bonds is 2. The van der Waals surface area contributed by atoms with Gasteiger partial charge >= 0.3 is 0 Å². The SMILES string of the molecule is CC(C)Cc1ccc2c(c1)C1(CCC2)CC2=CCC1C2. The Morgan fingerprint density at radius 2 is 2.20 bits per heavy atom. The molecule has 0 N–H and O–H groups in total. The minimum absolute atomic E-state index is 0.532. The number of allylic oxidation sites excluding steroid dienone is 2. The van der Waals surface area contributed by atoms with Gasteiger partial charge in [-0.3, -0.25) is 0 Å². The molecule has 2 atom stereocenters. The summed E-state index contributed by atoms with van der Waals surface area (Å²) in [5.41, 5.74) is 7.27. The Morgan fingerprint density at radius 1 is 1.30 bits per heavy atom. The van der Waals surface area contributed by atoms with Crippen LogP contribution in [0.3, 0.4) is 0 Å². The maximum Gasteiger partial charge on any atom is 0.00273 e. The van der Waals surface area contributed by atoms with Gasteiger partial charge in [0.1, 0.15) is 0 Å². The molecule has 0 nitrogen and oxygen atoms in total. The summed E-state index contributed by atoms with van der Waals surface area (Å²) >= 11 is 0. The van der Waals surface area contributed by atoms with Crippen LogP contribution in [0.5, 0.6) is 0 Å². The van der Waals surface area contributed by atoms with Crippen LogP contribution in [-0.2, 0) is 18.3 Å². The van der Waals surface area contributed by atoms with Crippen molar-refractivity contribution in [1.29, 1.82) is 0 Å². The number of hydrogen-bond donors (Lipinski definition) is 0. The molecule has 3 aliphatic carbocycles. The Kier molecular flexibility index (Phi) is 2.84. The Hall–Kier alpha value is -1.04. The lowest BCUT2D eigenvalue weighted by Gasteiger charge is -2.42. The van der Waals surface area contributed by atoms with Crippen LogP contribution in [0, 0.1) is 11.8 Å². The maximum atomic E-state index is 2.59. The summed E-state index contributed by atoms with van der Waals surface area (Å²) in [5, 5.41) is 0. The highest BCUT2D eigenvalue weighted by atomic mass is 14.5. The zero-order valence-electron chi connectivity index (χ0n) is 12.9. The number of fused-ring (bicyclic) bond motifs is 5. The van der Waals surface area contributed by atoms with Crippen LogP contribution in [0.4, 0.5) is 0 Å². The van der Waals surface area contributed by atoms with Crippen LogP contribution < -0.4 is 0 Å². The van der Waals surface area contributed by atoms with Gasteiger partial charge in [0.25, 0.3) is 0 Å². The van der Waals surface area contributed by atoms with Gasteiger partial charge in [0.15, 0.2) is 0 Å². The third-order valence-electron chi connectivity index (χ3n) is 5.95. The van der Waals surface area contributed by atoms with Gasteiger partial charge in [0.2, 0.25) is 0 Å². The molecular formula is C20H26. The number of hydrogen-bond acceptors (Lipinski definition) is 0. The molecule has 1 aromatic carbocycles. The van der Waals surface area contributed by atoms with Gasteiger partial charge in [-0.25, -0.2) is 0 Å². The van der Waals surface area contributed by atoms with E-state index in [1.807, 2.05) is 0 Å². The lowest BCUT2D eigenvalue weighted by Crippen LogP contribution is -2.35. The first-order chi connectivity index (χ1) is 9.67. The molecule has 0 heterocycles. The molecule has 106 valence electrons. The summed E-state index contributed by atoms with van der Waals surface area (Å²) in [5.74, 6) is 1.68. The fourth-order valence-corrected chi connectivity index (χ4v) is 5.15. The molecule has 0 saturated heterocycles. The fraction of sp³-hybridized carbons (Fsp3) is 0.600. The summed E-state index contributed by atoms with van der Waals surface area (Å²) in [7, 11) is 0. The molecule has 20 heavy (non-hydrogen) atoms. The molecule has 1 fully saturated rings. The quantitative estimate of drug-likeness (QED) is 0.645. The van der Waals surface area contributed by atoms with Gasteiger partial charge in [-0.15, -0.1) is 0 Å². The second kappa shape index (κ2) is 4.48. The topological polar surface area (TPSA) is 0 Å². The van der Waals surface area contributed by atoms with Gasteiger partial charge in [-0.05, 0) is 73.5 Å². The van der Waals surface area contributed by atoms with Crippen LogP contribution >= 0.6 is 0 Å². The van der Waals surface area contributed by atoms with Crippen molar-refractivity contribution in [3.63, 3.8) is 0 Å². The zero-order chi connectivity index (χ0) is 13.7. The van der Waals surface area contributed by atoms with Gasteiger partial charge in [-0.2, -0.15) is 0 Å². The molecule has 3 aliphatic rings. The van der Waals surface area contributed by atoms with E-state index in [4.69, 9.17) is 0 Å². The molecular weight excluding hydrogens is 240 g/mol. The summed E-state index contributed by atoms with van der Waals surface area (Å²) in [6.45, 7) is 4.66. The van der Waals surface area contributed by atoms with Crippen molar-refractivity contribution < 1.29 is 0 Å². The second-order valence-corrected chi connectivity index (χ2v) is 7.78. The highest BCUT2D eigenvalue weighted by molar-refractivity contribution is 5.45. The van der Waals surface area contributed by atoms with Crippen LogP contribution in [0.2, 0.25) is 0 Å². The van der Waals surface area contributed by atoms with Gasteiger partial charge in [-0.1, -0.05) is 43.7 Å². The lowest BCUT2D eigenvalue weighted by atomic mass is 9.62. The van der Waals surface area contributed by atoms with Crippen molar-refractivity contribution >= 4 is 0 Å². The molecule has 4 rings (SSSR count). The van der Waals surface area contributed by atoms with Crippen molar-refractivity contribution in [2.45, 2.75) is 64.2 Å². The Morgan fingerprint density at radius 3 is 2.90 bits per heavy atom. The third kappa shape index (κ3) is 1.80. The van der Waals surface area contributed by atoms with E-state index >= 15 is 0 Å². The summed E-state index contributed by atoms with van der Waals surface area (Å²) in [4.78, 5) is 0. The number of aryl methyl sites for hydroxylation is 1. The number of benzene rings is 1. The Bertz CT molecular complexity index is 563. The Balaban J connectivity index is 1.78. The normalized spacial score (nSPS) is 30.9. The largest absolute Gasteiger partial charge is 0.0850 e.